The number of aromatic nitrogens is 1. The summed E-state index contributed by atoms with van der Waals surface area (Å²) in [5.74, 6) is 1.76. The molecule has 2 aromatic carbocycles. The molecule has 0 saturated heterocycles. The van der Waals surface area contributed by atoms with Gasteiger partial charge in [0, 0.05) is 46.9 Å². The van der Waals surface area contributed by atoms with E-state index >= 15 is 0 Å². The third-order valence-corrected chi connectivity index (χ3v) is 12.7. The van der Waals surface area contributed by atoms with Crippen molar-refractivity contribution in [3.05, 3.63) is 100 Å². The van der Waals surface area contributed by atoms with Crippen LogP contribution >= 0.6 is 11.6 Å². The third kappa shape index (κ3) is 5.94. The van der Waals surface area contributed by atoms with E-state index in [2.05, 4.69) is 53.0 Å². The van der Waals surface area contributed by atoms with Crippen molar-refractivity contribution in [1.82, 2.24) is 9.71 Å². The average molecular weight is 644 g/mol. The van der Waals surface area contributed by atoms with E-state index in [0.29, 0.717) is 24.0 Å². The van der Waals surface area contributed by atoms with Gasteiger partial charge in [-0.1, -0.05) is 42.8 Å². The molecule has 8 heteroatoms. The predicted molar refractivity (Wildman–Crippen MR) is 181 cm³/mol. The number of allylic oxidation sites excluding steroid dienone is 2. The second-order valence-electron chi connectivity index (χ2n) is 13.6. The summed E-state index contributed by atoms with van der Waals surface area (Å²) in [5.41, 5.74) is 5.01. The maximum Gasteiger partial charge on any atom is 0.263 e. The Morgan fingerprint density at radius 1 is 1.11 bits per heavy atom. The fourth-order valence-electron chi connectivity index (χ4n) is 7.95. The summed E-state index contributed by atoms with van der Waals surface area (Å²) in [7, 11) is -1.52. The molecule has 2 bridgehead atoms. The lowest BCUT2D eigenvalue weighted by Gasteiger charge is -2.46. The molecule has 1 aromatic heterocycles. The fourth-order valence-corrected chi connectivity index (χ4v) is 9.17. The molecule has 7 atom stereocenters. The first kappa shape index (κ1) is 30.5. The van der Waals surface area contributed by atoms with Crippen molar-refractivity contribution in [2.24, 2.45) is 17.8 Å². The lowest BCUT2D eigenvalue weighted by Crippen LogP contribution is -2.49. The molecule has 1 amide bonds. The number of carbonyl (C=O) groups is 1. The second kappa shape index (κ2) is 12.6. The number of pyridine rings is 1. The van der Waals surface area contributed by atoms with Crippen molar-refractivity contribution in [2.75, 3.05) is 24.6 Å². The Balaban J connectivity index is 1.31. The molecule has 1 spiro atoms. The van der Waals surface area contributed by atoms with Gasteiger partial charge in [0.25, 0.3) is 5.91 Å². The van der Waals surface area contributed by atoms with Crippen LogP contribution in [0.15, 0.2) is 72.9 Å². The number of nitrogens with zero attached hydrogens (tertiary/aromatic N) is 2. The van der Waals surface area contributed by atoms with Crippen LogP contribution < -0.4 is 14.4 Å². The minimum Gasteiger partial charge on any atom is -0.490 e. The molecule has 236 valence electrons. The number of hydrogen-bond acceptors (Lipinski definition) is 5. The molecule has 0 radical (unpaired) electrons. The van der Waals surface area contributed by atoms with Crippen molar-refractivity contribution in [2.45, 2.75) is 69.0 Å². The molecule has 1 saturated carbocycles. The molecule has 6 nitrogen and oxygen atoms in total. The number of carbonyl (C=O) groups excluding carboxylic acids is 1. The quantitative estimate of drug-likeness (QED) is 0.280. The first-order valence-electron chi connectivity index (χ1n) is 16.4. The maximum atomic E-state index is 13.5. The van der Waals surface area contributed by atoms with Crippen LogP contribution in [0.4, 0.5) is 5.69 Å². The smallest absolute Gasteiger partial charge is 0.263 e. The molecule has 6 unspecified atom stereocenters. The lowest BCUT2D eigenvalue weighted by molar-refractivity contribution is 0.0982. The molecule has 45 heavy (non-hydrogen) atoms. The summed E-state index contributed by atoms with van der Waals surface area (Å²) in [4.78, 5) is 20.8. The Kier molecular flexibility index (Phi) is 8.51. The van der Waals surface area contributed by atoms with Crippen molar-refractivity contribution >= 4 is 34.2 Å². The summed E-state index contributed by atoms with van der Waals surface area (Å²) < 4.78 is 22.8. The number of halogens is 1. The van der Waals surface area contributed by atoms with E-state index in [1.807, 2.05) is 37.4 Å². The van der Waals surface area contributed by atoms with Crippen molar-refractivity contribution in [3.8, 4) is 5.75 Å². The molecule has 2 aliphatic heterocycles. The van der Waals surface area contributed by atoms with Crippen LogP contribution in [0.1, 0.15) is 79.0 Å². The maximum absolute atomic E-state index is 13.5. The highest BCUT2D eigenvalue weighted by atomic mass is 35.5. The number of anilines is 1. The van der Waals surface area contributed by atoms with Crippen LogP contribution in [0.3, 0.4) is 0 Å². The second-order valence-corrected chi connectivity index (χ2v) is 15.6. The number of benzene rings is 2. The van der Waals surface area contributed by atoms with Crippen LogP contribution in [0.5, 0.6) is 5.75 Å². The van der Waals surface area contributed by atoms with E-state index in [0.717, 1.165) is 73.8 Å². The third-order valence-electron chi connectivity index (χ3n) is 10.9. The normalized spacial score (nSPS) is 32.2. The Labute approximate surface area is 274 Å². The Hall–Kier alpha value is -3.16. The van der Waals surface area contributed by atoms with Gasteiger partial charge in [0.15, 0.2) is 0 Å². The zero-order chi connectivity index (χ0) is 31.1. The van der Waals surface area contributed by atoms with Crippen molar-refractivity contribution < 1.29 is 13.7 Å². The summed E-state index contributed by atoms with van der Waals surface area (Å²) >= 11 is 6.46. The molecular weight excluding hydrogens is 602 g/mol. The van der Waals surface area contributed by atoms with Crippen LogP contribution in [-0.4, -0.2) is 40.0 Å². The number of ether oxygens (including phenoxy) is 1. The van der Waals surface area contributed by atoms with Gasteiger partial charge in [-0.3, -0.25) is 14.5 Å². The van der Waals surface area contributed by atoms with E-state index in [9.17, 15) is 9.00 Å². The molecule has 3 aromatic rings. The molecule has 1 fully saturated rings. The summed E-state index contributed by atoms with van der Waals surface area (Å²) in [5, 5.41) is 0.577. The van der Waals surface area contributed by atoms with E-state index in [4.69, 9.17) is 21.3 Å². The van der Waals surface area contributed by atoms with Crippen LogP contribution in [0.25, 0.3) is 0 Å². The van der Waals surface area contributed by atoms with Gasteiger partial charge in [0.1, 0.15) is 16.7 Å². The highest BCUT2D eigenvalue weighted by molar-refractivity contribution is 7.84. The van der Waals surface area contributed by atoms with Gasteiger partial charge in [-0.05, 0) is 117 Å². The fraction of sp³-hybridized carbons (Fsp3) is 0.459. The van der Waals surface area contributed by atoms with Crippen LogP contribution in [0, 0.1) is 17.8 Å². The van der Waals surface area contributed by atoms with Gasteiger partial charge in [-0.2, -0.15) is 0 Å². The van der Waals surface area contributed by atoms with E-state index in [1.165, 1.54) is 11.1 Å². The molecule has 7 rings (SSSR count). The highest BCUT2D eigenvalue weighted by Crippen LogP contribution is 2.49. The Morgan fingerprint density at radius 2 is 2.00 bits per heavy atom. The van der Waals surface area contributed by atoms with Gasteiger partial charge in [-0.25, -0.2) is 4.21 Å². The lowest BCUT2D eigenvalue weighted by atomic mass is 9.65. The van der Waals surface area contributed by atoms with Gasteiger partial charge in [0.05, 0.1) is 17.5 Å². The number of hydrogen-bond donors (Lipinski definition) is 1. The molecule has 4 aliphatic rings. The van der Waals surface area contributed by atoms with Crippen molar-refractivity contribution in [1.29, 1.82) is 0 Å². The monoisotopic (exact) mass is 643 g/mol. The predicted octanol–water partition coefficient (Wildman–Crippen LogP) is 7.40. The number of aryl methyl sites for hydroxylation is 1. The Morgan fingerprint density at radius 3 is 2.80 bits per heavy atom. The Bertz CT molecular complexity index is 1630. The van der Waals surface area contributed by atoms with Gasteiger partial charge >= 0.3 is 0 Å². The van der Waals surface area contributed by atoms with Gasteiger partial charge < -0.3 is 9.64 Å². The van der Waals surface area contributed by atoms with Gasteiger partial charge in [0.2, 0.25) is 0 Å². The minimum absolute atomic E-state index is 0.136. The summed E-state index contributed by atoms with van der Waals surface area (Å²) in [6.45, 7) is 6.30. The number of nitrogens with one attached hydrogen (secondary N) is 1. The summed E-state index contributed by atoms with van der Waals surface area (Å²) in [6.07, 6.45) is 12.7. The van der Waals surface area contributed by atoms with Crippen LogP contribution in [0.2, 0.25) is 5.02 Å². The zero-order valence-electron chi connectivity index (χ0n) is 26.1. The summed E-state index contributed by atoms with van der Waals surface area (Å²) in [6, 6.07) is 18.2. The van der Waals surface area contributed by atoms with Crippen molar-refractivity contribution in [3.63, 3.8) is 0 Å². The number of rotatable bonds is 1. The highest BCUT2D eigenvalue weighted by Gasteiger charge is 2.44. The van der Waals surface area contributed by atoms with Gasteiger partial charge in [-0.15, -0.1) is 0 Å². The SMILES string of the molecule is CC1C/C=C/C(c2ccccn2)C2CCC2CN2C[C@@]3(CCCc4cc(Cl)ccc43)COc3ccc(cc32)C(=O)NS(=O)C1C. The largest absolute Gasteiger partial charge is 0.490 e. The van der Waals surface area contributed by atoms with E-state index in [1.54, 1.807) is 6.07 Å². The average Bonchev–Trinajstić information content (AvgIpc) is 3.18. The molecule has 1 N–H and O–H groups in total. The first-order valence-corrected chi connectivity index (χ1v) is 18.0. The molecular formula is C37H42ClN3O3S. The molecule has 3 heterocycles. The standard InChI is InChI=1S/C37H42ClN3O3S/c1-24-7-5-9-31(33-10-3-4-18-39-33)30-14-11-28(30)21-41-22-37(17-6-8-26-19-29(38)13-15-32(26)37)23-44-35-16-12-27(20-34(35)41)36(42)40-45(43)25(24)2/h3-5,9-10,12-13,15-16,18-20,24-25,28,30-31H,6-8,11,14,17,21-23H2,1-2H3,(H,40,42)/b9-5+/t24?,25?,28?,30?,31?,37-,45?/m0/s1. The minimum atomic E-state index is -1.52. The topological polar surface area (TPSA) is 71.5 Å². The van der Waals surface area contributed by atoms with E-state index in [-0.39, 0.29) is 28.4 Å². The number of fused-ring (bicyclic) bond motifs is 4. The van der Waals surface area contributed by atoms with E-state index < -0.39 is 11.0 Å². The van der Waals surface area contributed by atoms with Crippen LogP contribution in [-0.2, 0) is 22.8 Å². The zero-order valence-corrected chi connectivity index (χ0v) is 27.7. The first-order chi connectivity index (χ1) is 21.8. The molecule has 2 aliphatic carbocycles. The number of amides is 1.